The van der Waals surface area contributed by atoms with Gasteiger partial charge in [0.2, 0.25) is 23.6 Å². The van der Waals surface area contributed by atoms with Crippen LogP contribution in [0.2, 0.25) is 0 Å². The zero-order valence-corrected chi connectivity index (χ0v) is 24.5. The van der Waals surface area contributed by atoms with E-state index in [4.69, 9.17) is 9.47 Å². The van der Waals surface area contributed by atoms with Gasteiger partial charge in [-0.25, -0.2) is 19.2 Å². The van der Waals surface area contributed by atoms with Crippen molar-refractivity contribution in [2.75, 3.05) is 13.1 Å². The molecule has 0 aromatic heterocycles. The Hall–Kier alpha value is -5.80. The Bertz CT molecular complexity index is 1360. The van der Waals surface area contributed by atoms with Crippen molar-refractivity contribution < 1.29 is 47.8 Å². The van der Waals surface area contributed by atoms with Crippen molar-refractivity contribution in [3.63, 3.8) is 0 Å². The molecule has 0 saturated carbocycles. The van der Waals surface area contributed by atoms with Crippen LogP contribution in [0, 0.1) is 11.8 Å². The van der Waals surface area contributed by atoms with E-state index in [0.29, 0.717) is 37.1 Å². The maximum atomic E-state index is 12.1. The van der Waals surface area contributed by atoms with E-state index in [2.05, 4.69) is 10.6 Å². The normalized spacial score (nSPS) is 15.3. The molecule has 0 radical (unpaired) electrons. The minimum Gasteiger partial charge on any atom is -0.410 e. The molecule has 4 rings (SSSR count). The van der Waals surface area contributed by atoms with Gasteiger partial charge >= 0.3 is 24.2 Å². The van der Waals surface area contributed by atoms with Gasteiger partial charge in [0.15, 0.2) is 0 Å². The van der Waals surface area contributed by atoms with Crippen LogP contribution in [-0.4, -0.2) is 61.0 Å². The summed E-state index contributed by atoms with van der Waals surface area (Å²) < 4.78 is 10.5. The van der Waals surface area contributed by atoms with Crippen molar-refractivity contribution >= 4 is 47.9 Å². The second kappa shape index (κ2) is 15.8. The van der Waals surface area contributed by atoms with Crippen LogP contribution < -0.4 is 41.4 Å². The van der Waals surface area contributed by atoms with E-state index in [1.165, 1.54) is 24.3 Å². The second-order valence-electron chi connectivity index (χ2n) is 10.5. The Labute approximate surface area is 262 Å². The van der Waals surface area contributed by atoms with E-state index in [9.17, 15) is 38.4 Å². The first kappa shape index (κ1) is 33.1. The van der Waals surface area contributed by atoms with Gasteiger partial charge in [0, 0.05) is 13.1 Å². The number of carbonyl (C=O) groups is 8. The van der Waals surface area contributed by atoms with Crippen LogP contribution in [0.4, 0.5) is 19.2 Å². The summed E-state index contributed by atoms with van der Waals surface area (Å²) in [7, 11) is 0. The molecule has 2 fully saturated rings. The minimum absolute atomic E-state index is 0.0842. The molecular weight excluding hydrogens is 604 g/mol. The molecule has 2 heterocycles. The van der Waals surface area contributed by atoms with Gasteiger partial charge in [-0.15, -0.1) is 0 Å². The molecule has 242 valence electrons. The van der Waals surface area contributed by atoms with Crippen LogP contribution in [0.3, 0.4) is 0 Å². The first-order valence-electron chi connectivity index (χ1n) is 14.5. The van der Waals surface area contributed by atoms with Crippen molar-refractivity contribution in [1.82, 2.24) is 31.9 Å². The number of nitrogens with one attached hydrogen (secondary N) is 6. The highest BCUT2D eigenvalue weighted by molar-refractivity contribution is 6.17. The minimum atomic E-state index is -1.03. The van der Waals surface area contributed by atoms with Crippen molar-refractivity contribution in [2.45, 2.75) is 38.5 Å². The number of benzene rings is 2. The quantitative estimate of drug-likeness (QED) is 0.136. The molecule has 10 amide bonds. The van der Waals surface area contributed by atoms with Crippen molar-refractivity contribution in [1.29, 1.82) is 0 Å². The molecule has 6 N–H and O–H groups in total. The Kier molecular flexibility index (Phi) is 11.4. The van der Waals surface area contributed by atoms with Gasteiger partial charge in [0.05, 0.1) is 0 Å². The van der Waals surface area contributed by atoms with Crippen molar-refractivity contribution in [2.24, 2.45) is 11.8 Å². The third-order valence-electron chi connectivity index (χ3n) is 7.00. The van der Waals surface area contributed by atoms with Crippen LogP contribution in [-0.2, 0) is 32.0 Å². The fraction of sp³-hybridized carbons (Fsp3) is 0.333. The summed E-state index contributed by atoms with van der Waals surface area (Å²) in [5.74, 6) is -4.18. The number of imide groups is 4. The Morgan fingerprint density at radius 2 is 0.848 bits per heavy atom. The number of urea groups is 2. The van der Waals surface area contributed by atoms with Crippen molar-refractivity contribution in [3.8, 4) is 11.5 Å². The Morgan fingerprint density at radius 1 is 0.522 bits per heavy atom. The molecule has 0 atom stereocenters. The van der Waals surface area contributed by atoms with E-state index in [1.54, 1.807) is 24.3 Å². The highest BCUT2D eigenvalue weighted by atomic mass is 16.6. The first-order valence-corrected chi connectivity index (χ1v) is 14.5. The van der Waals surface area contributed by atoms with Gasteiger partial charge in [0.25, 0.3) is 0 Å². The zero-order chi connectivity index (χ0) is 33.1. The molecule has 0 aliphatic carbocycles. The molecule has 2 aromatic rings. The zero-order valence-electron chi connectivity index (χ0n) is 24.5. The van der Waals surface area contributed by atoms with Gasteiger partial charge in [-0.1, -0.05) is 37.1 Å². The maximum Gasteiger partial charge on any atom is 0.412 e. The lowest BCUT2D eigenvalue weighted by molar-refractivity contribution is -0.137. The number of hydrogen-bond acceptors (Lipinski definition) is 10. The highest BCUT2D eigenvalue weighted by Gasteiger charge is 2.35. The number of amides is 10. The summed E-state index contributed by atoms with van der Waals surface area (Å²) in [5.41, 5.74) is 1.30. The molecule has 46 heavy (non-hydrogen) atoms. The molecule has 16 nitrogen and oxygen atoms in total. The lowest BCUT2D eigenvalue weighted by Gasteiger charge is -2.20. The van der Waals surface area contributed by atoms with Gasteiger partial charge in [0.1, 0.15) is 23.3 Å². The molecule has 2 aliphatic heterocycles. The lowest BCUT2D eigenvalue weighted by atomic mass is 9.96. The predicted octanol–water partition coefficient (Wildman–Crippen LogP) is 1.17. The van der Waals surface area contributed by atoms with Gasteiger partial charge in [-0.05, 0) is 61.1 Å². The van der Waals surface area contributed by atoms with Crippen LogP contribution in [0.5, 0.6) is 11.5 Å². The maximum absolute atomic E-state index is 12.1. The SMILES string of the molecule is O=C1NC(=O)C(Cc2ccc(OC(=O)NCCCCCCNC(=O)Oc3ccc(CC4C(=O)NC(=O)NC4=O)cc3)cc2)C(=O)N1. The molecule has 0 bridgehead atoms. The van der Waals surface area contributed by atoms with E-state index in [1.807, 2.05) is 21.3 Å². The first-order chi connectivity index (χ1) is 22.1. The molecule has 16 heteroatoms. The largest absolute Gasteiger partial charge is 0.412 e. The fourth-order valence-corrected chi connectivity index (χ4v) is 4.60. The summed E-state index contributed by atoms with van der Waals surface area (Å²) in [6.45, 7) is 0.780. The molecular formula is C30H32N6O10. The molecule has 2 aromatic carbocycles. The summed E-state index contributed by atoms with van der Waals surface area (Å²) in [6.07, 6.45) is 1.89. The average molecular weight is 637 g/mol. The smallest absolute Gasteiger partial charge is 0.410 e. The standard InChI is InChI=1S/C30H32N6O10/c37-23-21(24(38)34-27(41)33-23)15-17-5-9-19(10-6-17)45-29(43)31-13-3-1-2-4-14-32-30(44)46-20-11-7-18(8-12-20)16-22-25(39)35-28(42)36-26(22)40/h5-12,21-22H,1-4,13-16H2,(H,31,43)(H,32,44)(H2,33,34,37,38,41)(H2,35,36,39,40,42). The number of carbonyl (C=O) groups excluding carboxylic acids is 8. The molecule has 2 aliphatic rings. The number of unbranched alkanes of at least 4 members (excludes halogenated alkanes) is 3. The monoisotopic (exact) mass is 636 g/mol. The van der Waals surface area contributed by atoms with Gasteiger partial charge in [-0.2, -0.15) is 0 Å². The van der Waals surface area contributed by atoms with Crippen LogP contribution in [0.1, 0.15) is 36.8 Å². The van der Waals surface area contributed by atoms with E-state index in [-0.39, 0.29) is 24.3 Å². The average Bonchev–Trinajstić information content (AvgIpc) is 3.00. The summed E-state index contributed by atoms with van der Waals surface area (Å²) >= 11 is 0. The van der Waals surface area contributed by atoms with Crippen molar-refractivity contribution in [3.05, 3.63) is 59.7 Å². The van der Waals surface area contributed by atoms with E-state index >= 15 is 0 Å². The van der Waals surface area contributed by atoms with Gasteiger partial charge < -0.3 is 20.1 Å². The topological polar surface area (TPSA) is 227 Å². The van der Waals surface area contributed by atoms with Crippen LogP contribution in [0.25, 0.3) is 0 Å². The summed E-state index contributed by atoms with van der Waals surface area (Å²) in [4.78, 5) is 94.0. The Balaban J connectivity index is 1.03. The molecule has 0 spiro atoms. The summed E-state index contributed by atoms with van der Waals surface area (Å²) in [6, 6.07) is 10.9. The van der Waals surface area contributed by atoms with E-state index in [0.717, 1.165) is 12.8 Å². The lowest BCUT2D eigenvalue weighted by Crippen LogP contribution is -2.56. The Morgan fingerprint density at radius 3 is 1.17 bits per heavy atom. The molecule has 2 saturated heterocycles. The summed E-state index contributed by atoms with van der Waals surface area (Å²) in [5, 5.41) is 13.5. The third kappa shape index (κ3) is 9.87. The predicted molar refractivity (Wildman–Crippen MR) is 157 cm³/mol. The van der Waals surface area contributed by atoms with E-state index < -0.39 is 59.7 Å². The fourth-order valence-electron chi connectivity index (χ4n) is 4.60. The van der Waals surface area contributed by atoms with Gasteiger partial charge in [-0.3, -0.25) is 40.4 Å². The highest BCUT2D eigenvalue weighted by Crippen LogP contribution is 2.18. The van der Waals surface area contributed by atoms with Crippen LogP contribution >= 0.6 is 0 Å². The second-order valence-corrected chi connectivity index (χ2v) is 10.5. The van der Waals surface area contributed by atoms with Crippen LogP contribution in [0.15, 0.2) is 48.5 Å². The number of barbiturate groups is 2. The molecule has 0 unspecified atom stereocenters. The third-order valence-corrected chi connectivity index (χ3v) is 7.00. The number of rotatable bonds is 13. The number of ether oxygens (including phenoxy) is 2. The number of hydrogen-bond donors (Lipinski definition) is 6.